The van der Waals surface area contributed by atoms with Crippen LogP contribution in [0.1, 0.15) is 34.5 Å². The Morgan fingerprint density at radius 1 is 1.35 bits per heavy atom. The molecule has 0 spiro atoms. The lowest BCUT2D eigenvalue weighted by molar-refractivity contribution is -0.136. The van der Waals surface area contributed by atoms with Crippen LogP contribution in [0.4, 0.5) is 0 Å². The third-order valence-electron chi connectivity index (χ3n) is 5.64. The summed E-state index contributed by atoms with van der Waals surface area (Å²) in [6.07, 6.45) is 0.367. The predicted molar refractivity (Wildman–Crippen MR) is 124 cm³/mol. The zero-order valence-corrected chi connectivity index (χ0v) is 19.8. The minimum Gasteiger partial charge on any atom is -0.491 e. The molecule has 1 amide bonds. The Kier molecular flexibility index (Phi) is 8.49. The number of aliphatic hydroxyl groups excluding tert-OH is 1. The topological polar surface area (TPSA) is 62.2 Å². The fourth-order valence-corrected chi connectivity index (χ4v) is 5.04. The highest BCUT2D eigenvalue weighted by molar-refractivity contribution is 7.10. The molecule has 2 heterocycles. The molecule has 0 radical (unpaired) electrons. The zero-order valence-electron chi connectivity index (χ0n) is 19.0. The maximum atomic E-state index is 13.3. The number of aliphatic hydroxyl groups is 1. The van der Waals surface area contributed by atoms with Gasteiger partial charge in [0, 0.05) is 31.6 Å². The van der Waals surface area contributed by atoms with Gasteiger partial charge in [0.25, 0.3) is 0 Å². The van der Waals surface area contributed by atoms with E-state index in [2.05, 4.69) is 24.4 Å². The van der Waals surface area contributed by atoms with Crippen molar-refractivity contribution in [3.8, 4) is 5.75 Å². The Balaban J connectivity index is 1.74. The van der Waals surface area contributed by atoms with Gasteiger partial charge in [-0.25, -0.2) is 0 Å². The first kappa shape index (κ1) is 23.7. The Hall–Kier alpha value is -1.93. The van der Waals surface area contributed by atoms with E-state index in [9.17, 15) is 9.90 Å². The van der Waals surface area contributed by atoms with Crippen molar-refractivity contribution in [1.29, 1.82) is 0 Å². The summed E-state index contributed by atoms with van der Waals surface area (Å²) in [6, 6.07) is 8.17. The highest BCUT2D eigenvalue weighted by atomic mass is 32.1. The van der Waals surface area contributed by atoms with Crippen molar-refractivity contribution in [3.63, 3.8) is 0 Å². The van der Waals surface area contributed by atoms with Crippen molar-refractivity contribution < 1.29 is 19.4 Å². The molecule has 0 saturated heterocycles. The maximum Gasteiger partial charge on any atom is 0.237 e. The molecule has 0 saturated carbocycles. The van der Waals surface area contributed by atoms with Crippen molar-refractivity contribution in [3.05, 3.63) is 51.2 Å². The van der Waals surface area contributed by atoms with E-state index >= 15 is 0 Å². The molecule has 1 aliphatic rings. The summed E-state index contributed by atoms with van der Waals surface area (Å²) in [5.74, 6) is 0.916. The van der Waals surface area contributed by atoms with Gasteiger partial charge in [0.2, 0.25) is 5.91 Å². The highest BCUT2D eigenvalue weighted by Gasteiger charge is 2.33. The molecule has 3 rings (SSSR count). The SMILES string of the molecule is COCCN(CC(=O)N1CCc2sccc2[C@H]1COc1ccc(C)cc1C)C[C@H](C)O. The van der Waals surface area contributed by atoms with Crippen LogP contribution in [0.25, 0.3) is 0 Å². The third kappa shape index (κ3) is 6.29. The molecular weight excluding hydrogens is 412 g/mol. The zero-order chi connectivity index (χ0) is 22.4. The van der Waals surface area contributed by atoms with Crippen LogP contribution in [0, 0.1) is 13.8 Å². The summed E-state index contributed by atoms with van der Waals surface area (Å²) in [6.45, 7) is 8.79. The molecule has 1 aromatic heterocycles. The molecule has 6 nitrogen and oxygen atoms in total. The number of rotatable bonds is 10. The van der Waals surface area contributed by atoms with Gasteiger partial charge >= 0.3 is 0 Å². The van der Waals surface area contributed by atoms with E-state index in [0.29, 0.717) is 32.8 Å². The molecule has 0 aliphatic carbocycles. The van der Waals surface area contributed by atoms with Crippen molar-refractivity contribution in [2.45, 2.75) is 39.3 Å². The minimum absolute atomic E-state index is 0.0582. The number of fused-ring (bicyclic) bond motifs is 1. The first-order valence-electron chi connectivity index (χ1n) is 10.8. The summed E-state index contributed by atoms with van der Waals surface area (Å²) >= 11 is 1.75. The van der Waals surface area contributed by atoms with Gasteiger partial charge in [-0.15, -0.1) is 11.3 Å². The first-order chi connectivity index (χ1) is 14.9. The van der Waals surface area contributed by atoms with Crippen LogP contribution in [0.2, 0.25) is 0 Å². The average molecular weight is 447 g/mol. The molecule has 170 valence electrons. The van der Waals surface area contributed by atoms with E-state index in [-0.39, 0.29) is 18.5 Å². The maximum absolute atomic E-state index is 13.3. The van der Waals surface area contributed by atoms with Crippen molar-refractivity contribution >= 4 is 17.2 Å². The molecule has 0 fully saturated rings. The van der Waals surface area contributed by atoms with Gasteiger partial charge in [0.1, 0.15) is 12.4 Å². The predicted octanol–water partition coefficient (Wildman–Crippen LogP) is 3.20. The lowest BCUT2D eigenvalue weighted by Gasteiger charge is -2.37. The first-order valence-corrected chi connectivity index (χ1v) is 11.7. The van der Waals surface area contributed by atoms with Crippen LogP contribution in [-0.4, -0.2) is 73.4 Å². The van der Waals surface area contributed by atoms with Gasteiger partial charge in [-0.3, -0.25) is 9.69 Å². The van der Waals surface area contributed by atoms with E-state index in [1.54, 1.807) is 25.4 Å². The van der Waals surface area contributed by atoms with Crippen molar-refractivity contribution in [1.82, 2.24) is 9.80 Å². The molecule has 1 N–H and O–H groups in total. The summed E-state index contributed by atoms with van der Waals surface area (Å²) in [5.41, 5.74) is 3.49. The van der Waals surface area contributed by atoms with Gasteiger partial charge in [0.15, 0.2) is 0 Å². The summed E-state index contributed by atoms with van der Waals surface area (Å²) in [7, 11) is 1.64. The molecule has 7 heteroatoms. The second kappa shape index (κ2) is 11.1. The van der Waals surface area contributed by atoms with E-state index in [0.717, 1.165) is 17.7 Å². The Morgan fingerprint density at radius 2 is 2.16 bits per heavy atom. The number of nitrogens with zero attached hydrogens (tertiary/aromatic N) is 2. The van der Waals surface area contributed by atoms with Crippen molar-refractivity contribution in [2.75, 3.05) is 46.5 Å². The average Bonchev–Trinajstić information content (AvgIpc) is 3.19. The lowest BCUT2D eigenvalue weighted by Crippen LogP contribution is -2.48. The van der Waals surface area contributed by atoms with Crippen LogP contribution in [-0.2, 0) is 16.0 Å². The van der Waals surface area contributed by atoms with E-state index in [4.69, 9.17) is 9.47 Å². The second-order valence-electron chi connectivity index (χ2n) is 8.31. The van der Waals surface area contributed by atoms with E-state index < -0.39 is 6.10 Å². The van der Waals surface area contributed by atoms with Crippen molar-refractivity contribution in [2.24, 2.45) is 0 Å². The quantitative estimate of drug-likeness (QED) is 0.607. The Morgan fingerprint density at radius 3 is 2.87 bits per heavy atom. The number of benzene rings is 1. The van der Waals surface area contributed by atoms with Crippen LogP contribution in [0.15, 0.2) is 29.6 Å². The largest absolute Gasteiger partial charge is 0.491 e. The summed E-state index contributed by atoms with van der Waals surface area (Å²) in [4.78, 5) is 18.6. The fourth-order valence-electron chi connectivity index (χ4n) is 4.12. The van der Waals surface area contributed by atoms with Gasteiger partial charge < -0.3 is 19.5 Å². The van der Waals surface area contributed by atoms with Crippen LogP contribution >= 0.6 is 11.3 Å². The number of carbonyl (C=O) groups excluding carboxylic acids is 1. The van der Waals surface area contributed by atoms with Crippen LogP contribution in [0.5, 0.6) is 5.75 Å². The van der Waals surface area contributed by atoms with Gasteiger partial charge in [-0.05, 0) is 55.8 Å². The fraction of sp³-hybridized carbons (Fsp3) is 0.542. The number of hydrogen-bond donors (Lipinski definition) is 1. The number of amides is 1. The smallest absolute Gasteiger partial charge is 0.237 e. The summed E-state index contributed by atoms with van der Waals surface area (Å²) in [5, 5.41) is 11.9. The minimum atomic E-state index is -0.502. The standard InChI is InChI=1S/C24H34N2O4S/c1-17-5-6-22(18(2)13-17)30-16-21-20-8-12-31-23(20)7-9-26(21)24(28)15-25(10-11-29-4)14-19(3)27/h5-6,8,12-13,19,21,27H,7,9-11,14-16H2,1-4H3/t19-,21+/m0/s1. The number of carbonyl (C=O) groups is 1. The molecule has 31 heavy (non-hydrogen) atoms. The Bertz CT molecular complexity index is 867. The monoisotopic (exact) mass is 446 g/mol. The van der Waals surface area contributed by atoms with E-state index in [1.807, 2.05) is 28.9 Å². The Labute approximate surface area is 189 Å². The molecule has 0 unspecified atom stereocenters. The molecule has 1 aliphatic heterocycles. The molecule has 0 bridgehead atoms. The third-order valence-corrected chi connectivity index (χ3v) is 6.63. The molecular formula is C24H34N2O4S. The van der Waals surface area contributed by atoms with Crippen LogP contribution in [0.3, 0.4) is 0 Å². The number of hydrogen-bond acceptors (Lipinski definition) is 6. The highest BCUT2D eigenvalue weighted by Crippen LogP contribution is 2.34. The van der Waals surface area contributed by atoms with Gasteiger partial charge in [-0.2, -0.15) is 0 Å². The van der Waals surface area contributed by atoms with E-state index in [1.165, 1.54) is 16.0 Å². The molecule has 1 aromatic carbocycles. The molecule has 2 aromatic rings. The number of aryl methyl sites for hydroxylation is 2. The summed E-state index contributed by atoms with van der Waals surface area (Å²) < 4.78 is 11.4. The second-order valence-corrected chi connectivity index (χ2v) is 9.31. The normalized spacial score (nSPS) is 17.0. The number of thiophene rings is 1. The van der Waals surface area contributed by atoms with Gasteiger partial charge in [-0.1, -0.05) is 17.7 Å². The number of ether oxygens (including phenoxy) is 2. The molecule has 2 atom stereocenters. The number of methoxy groups -OCH3 is 1. The lowest BCUT2D eigenvalue weighted by atomic mass is 10.00. The van der Waals surface area contributed by atoms with Crippen LogP contribution < -0.4 is 4.74 Å². The van der Waals surface area contributed by atoms with Gasteiger partial charge in [0.05, 0.1) is 25.3 Å².